The van der Waals surface area contributed by atoms with E-state index < -0.39 is 0 Å². The average molecular weight is 490 g/mol. The van der Waals surface area contributed by atoms with E-state index in [0.29, 0.717) is 30.8 Å². The molecule has 0 radical (unpaired) electrons. The second-order valence-corrected chi connectivity index (χ2v) is 11.1. The summed E-state index contributed by atoms with van der Waals surface area (Å²) in [4.78, 5) is 20.8. The van der Waals surface area contributed by atoms with Crippen molar-refractivity contribution in [2.45, 2.75) is 103 Å². The molecule has 0 N–H and O–H groups in total. The van der Waals surface area contributed by atoms with Crippen molar-refractivity contribution in [2.24, 2.45) is 13.0 Å². The van der Waals surface area contributed by atoms with Crippen LogP contribution in [0.5, 0.6) is 0 Å². The molecule has 0 atom stereocenters. The molecule has 0 spiro atoms. The molecule has 5 rings (SSSR count). The number of fused-ring (bicyclic) bond motifs is 1. The van der Waals surface area contributed by atoms with Crippen LogP contribution in [0, 0.1) is 5.92 Å². The first-order valence-corrected chi connectivity index (χ1v) is 14.4. The quantitative estimate of drug-likeness (QED) is 0.354. The van der Waals surface area contributed by atoms with Crippen LogP contribution in [0.3, 0.4) is 0 Å². The number of amides is 1. The van der Waals surface area contributed by atoms with Crippen molar-refractivity contribution in [3.8, 4) is 11.1 Å². The van der Waals surface area contributed by atoms with Gasteiger partial charge in [0, 0.05) is 50.3 Å². The Morgan fingerprint density at radius 1 is 1.03 bits per heavy atom. The van der Waals surface area contributed by atoms with Crippen molar-refractivity contribution in [1.82, 2.24) is 24.2 Å². The second-order valence-electron chi connectivity index (χ2n) is 11.1. The number of rotatable bonds is 8. The van der Waals surface area contributed by atoms with Gasteiger partial charge in [-0.25, -0.2) is 4.98 Å². The zero-order valence-electron chi connectivity index (χ0n) is 22.5. The molecule has 2 fully saturated rings. The van der Waals surface area contributed by atoms with Gasteiger partial charge in [0.2, 0.25) is 5.91 Å². The predicted octanol–water partition coefficient (Wildman–Crippen LogP) is 6.69. The lowest BCUT2D eigenvalue weighted by molar-refractivity contribution is -0.134. The SMILES string of the molecule is CCN(C(=O)CCn1c2cc(-c3cnn(C)c3)ccc2nc1[C@H]1CC[C@H](CC)CC1)C1CCCCC1. The number of carbonyl (C=O) groups is 1. The summed E-state index contributed by atoms with van der Waals surface area (Å²) < 4.78 is 4.23. The minimum absolute atomic E-state index is 0.301. The van der Waals surface area contributed by atoms with E-state index in [-0.39, 0.29) is 0 Å². The molecule has 3 aromatic rings. The number of nitrogens with zero attached hydrogens (tertiary/aromatic N) is 5. The third-order valence-corrected chi connectivity index (χ3v) is 8.83. The molecule has 6 nitrogen and oxygen atoms in total. The van der Waals surface area contributed by atoms with E-state index in [4.69, 9.17) is 4.98 Å². The van der Waals surface area contributed by atoms with E-state index in [1.807, 2.05) is 17.9 Å². The molecular weight excluding hydrogens is 446 g/mol. The molecule has 2 saturated carbocycles. The minimum Gasteiger partial charge on any atom is -0.340 e. The first-order chi connectivity index (χ1) is 17.6. The zero-order valence-corrected chi connectivity index (χ0v) is 22.5. The third kappa shape index (κ3) is 5.23. The summed E-state index contributed by atoms with van der Waals surface area (Å²) in [6.45, 7) is 5.97. The van der Waals surface area contributed by atoms with Gasteiger partial charge in [0.05, 0.1) is 17.2 Å². The highest BCUT2D eigenvalue weighted by atomic mass is 16.2. The molecule has 194 valence electrons. The summed E-state index contributed by atoms with van der Waals surface area (Å²) in [5.41, 5.74) is 4.46. The summed E-state index contributed by atoms with van der Waals surface area (Å²) in [5, 5.41) is 4.37. The second kappa shape index (κ2) is 11.2. The van der Waals surface area contributed by atoms with Gasteiger partial charge in [0.1, 0.15) is 5.82 Å². The fourth-order valence-electron chi connectivity index (χ4n) is 6.65. The van der Waals surface area contributed by atoms with Crippen LogP contribution in [-0.2, 0) is 18.4 Å². The first-order valence-electron chi connectivity index (χ1n) is 14.4. The molecule has 0 saturated heterocycles. The van der Waals surface area contributed by atoms with E-state index in [9.17, 15) is 4.79 Å². The van der Waals surface area contributed by atoms with Gasteiger partial charge in [0.25, 0.3) is 0 Å². The molecule has 0 aliphatic heterocycles. The lowest BCUT2D eigenvalue weighted by atomic mass is 9.80. The van der Waals surface area contributed by atoms with Crippen LogP contribution >= 0.6 is 0 Å². The number of hydrogen-bond donors (Lipinski definition) is 0. The number of benzene rings is 1. The Labute approximate surface area is 216 Å². The van der Waals surface area contributed by atoms with E-state index in [2.05, 4.69) is 52.8 Å². The van der Waals surface area contributed by atoms with Crippen LogP contribution in [0.4, 0.5) is 0 Å². The van der Waals surface area contributed by atoms with Gasteiger partial charge in [0.15, 0.2) is 0 Å². The van der Waals surface area contributed by atoms with Gasteiger partial charge < -0.3 is 9.47 Å². The molecule has 0 bridgehead atoms. The van der Waals surface area contributed by atoms with Crippen LogP contribution in [0.15, 0.2) is 30.6 Å². The fraction of sp³-hybridized carbons (Fsp3) is 0.633. The minimum atomic E-state index is 0.301. The van der Waals surface area contributed by atoms with Crippen molar-refractivity contribution < 1.29 is 4.79 Å². The highest BCUT2D eigenvalue weighted by Gasteiger charge is 2.28. The summed E-state index contributed by atoms with van der Waals surface area (Å²) in [6, 6.07) is 6.99. The van der Waals surface area contributed by atoms with Gasteiger partial charge in [-0.2, -0.15) is 5.10 Å². The maximum absolute atomic E-state index is 13.4. The van der Waals surface area contributed by atoms with Crippen molar-refractivity contribution in [1.29, 1.82) is 0 Å². The predicted molar refractivity (Wildman–Crippen MR) is 146 cm³/mol. The molecule has 1 amide bonds. The molecular formula is C30H43N5O. The molecule has 1 aromatic carbocycles. The maximum Gasteiger partial charge on any atom is 0.224 e. The molecule has 2 aliphatic rings. The Hall–Kier alpha value is -2.63. The lowest BCUT2D eigenvalue weighted by Gasteiger charge is -2.34. The van der Waals surface area contributed by atoms with Crippen LogP contribution in [0.2, 0.25) is 0 Å². The molecule has 6 heteroatoms. The number of hydrogen-bond acceptors (Lipinski definition) is 3. The van der Waals surface area contributed by atoms with Crippen LogP contribution in [-0.4, -0.2) is 42.7 Å². The van der Waals surface area contributed by atoms with E-state index in [1.54, 1.807) is 0 Å². The normalized spacial score (nSPS) is 21.2. The molecule has 2 aliphatic carbocycles. The number of imidazole rings is 1. The fourth-order valence-corrected chi connectivity index (χ4v) is 6.65. The zero-order chi connectivity index (χ0) is 25.1. The highest BCUT2D eigenvalue weighted by Crippen LogP contribution is 2.38. The van der Waals surface area contributed by atoms with E-state index in [1.165, 1.54) is 57.2 Å². The van der Waals surface area contributed by atoms with Crippen LogP contribution in [0.1, 0.15) is 96.2 Å². The van der Waals surface area contributed by atoms with Crippen molar-refractivity contribution in [2.75, 3.05) is 6.54 Å². The van der Waals surface area contributed by atoms with Crippen molar-refractivity contribution in [3.63, 3.8) is 0 Å². The van der Waals surface area contributed by atoms with E-state index >= 15 is 0 Å². The topological polar surface area (TPSA) is 56.0 Å². The standard InChI is InChI=1S/C30H43N5O/c1-4-22-11-13-23(14-12-22)30-32-27-16-15-24(25-20-31-33(3)21-25)19-28(27)35(30)18-17-29(36)34(5-2)26-9-7-6-8-10-26/h15-16,19-23,26H,4-14,17-18H2,1-3H3/t22-,23-. The average Bonchev–Trinajstić information content (AvgIpc) is 3.51. The number of aryl methyl sites for hydroxylation is 2. The van der Waals surface area contributed by atoms with E-state index in [0.717, 1.165) is 47.5 Å². The van der Waals surface area contributed by atoms with Gasteiger partial charge >= 0.3 is 0 Å². The lowest BCUT2D eigenvalue weighted by Crippen LogP contribution is -2.41. The Balaban J connectivity index is 1.43. The Morgan fingerprint density at radius 2 is 1.81 bits per heavy atom. The Kier molecular flexibility index (Phi) is 7.78. The monoisotopic (exact) mass is 489 g/mol. The summed E-state index contributed by atoms with van der Waals surface area (Å²) >= 11 is 0. The highest BCUT2D eigenvalue weighted by molar-refractivity contribution is 5.83. The van der Waals surface area contributed by atoms with Crippen molar-refractivity contribution in [3.05, 3.63) is 36.4 Å². The van der Waals surface area contributed by atoms with Crippen LogP contribution < -0.4 is 0 Å². The van der Waals surface area contributed by atoms with Gasteiger partial charge in [-0.3, -0.25) is 9.48 Å². The smallest absolute Gasteiger partial charge is 0.224 e. The molecule has 36 heavy (non-hydrogen) atoms. The first kappa shape index (κ1) is 25.0. The number of aromatic nitrogens is 4. The summed E-state index contributed by atoms with van der Waals surface area (Å²) in [7, 11) is 1.95. The summed E-state index contributed by atoms with van der Waals surface area (Å²) in [5.74, 6) is 2.83. The van der Waals surface area contributed by atoms with Gasteiger partial charge in [-0.1, -0.05) is 38.7 Å². The van der Waals surface area contributed by atoms with Gasteiger partial charge in [-0.05, 0) is 69.1 Å². The maximum atomic E-state index is 13.4. The molecule has 0 unspecified atom stereocenters. The Bertz CT molecular complexity index is 1160. The van der Waals surface area contributed by atoms with Crippen LogP contribution in [0.25, 0.3) is 22.2 Å². The molecule has 2 aromatic heterocycles. The summed E-state index contributed by atoms with van der Waals surface area (Å²) in [6.07, 6.45) is 16.9. The number of carbonyl (C=O) groups excluding carboxylic acids is 1. The largest absolute Gasteiger partial charge is 0.340 e. The Morgan fingerprint density at radius 3 is 2.47 bits per heavy atom. The van der Waals surface area contributed by atoms with Crippen molar-refractivity contribution >= 4 is 16.9 Å². The third-order valence-electron chi connectivity index (χ3n) is 8.83. The molecule has 2 heterocycles. The van der Waals surface area contributed by atoms with Gasteiger partial charge in [-0.15, -0.1) is 0 Å².